The molecule has 1 aromatic heterocycles. The molecule has 0 saturated heterocycles. The summed E-state index contributed by atoms with van der Waals surface area (Å²) in [7, 11) is 0. The van der Waals surface area contributed by atoms with Crippen LogP contribution in [-0.4, -0.2) is 29.5 Å². The first-order chi connectivity index (χ1) is 14.5. The normalized spacial score (nSPS) is 15.1. The average Bonchev–Trinajstić information content (AvgIpc) is 2.78. The van der Waals surface area contributed by atoms with E-state index < -0.39 is 11.7 Å². The molecule has 5 heteroatoms. The average molecular weight is 408 g/mol. The number of rotatable bonds is 5. The third-order valence-electron chi connectivity index (χ3n) is 5.49. The first-order valence-corrected chi connectivity index (χ1v) is 10.1. The van der Waals surface area contributed by atoms with Gasteiger partial charge in [-0.2, -0.15) is 13.2 Å². The summed E-state index contributed by atoms with van der Waals surface area (Å²) in [6, 6.07) is 18.1. The quantitative estimate of drug-likeness (QED) is 0.507. The number of alkyl halides is 3. The minimum absolute atomic E-state index is 0.586. The molecule has 0 aliphatic carbocycles. The highest BCUT2D eigenvalue weighted by Crippen LogP contribution is 2.32. The maximum atomic E-state index is 13.0. The Morgan fingerprint density at radius 2 is 1.70 bits per heavy atom. The second kappa shape index (κ2) is 8.84. The van der Waals surface area contributed by atoms with Gasteiger partial charge in [0, 0.05) is 32.0 Å². The summed E-state index contributed by atoms with van der Waals surface area (Å²) >= 11 is 0. The van der Waals surface area contributed by atoms with E-state index in [9.17, 15) is 13.2 Å². The number of pyridine rings is 1. The van der Waals surface area contributed by atoms with E-state index in [4.69, 9.17) is 0 Å². The molecule has 0 amide bonds. The van der Waals surface area contributed by atoms with Crippen LogP contribution in [0.5, 0.6) is 0 Å². The summed E-state index contributed by atoms with van der Waals surface area (Å²) in [4.78, 5) is 6.53. The van der Waals surface area contributed by atoms with E-state index in [-0.39, 0.29) is 0 Å². The third-order valence-corrected chi connectivity index (χ3v) is 5.49. The SMILES string of the molecule is FC(F)(F)c1cccc(C2=CCN(CCc3cccc(-c4cccnc4)c3)CC2)c1. The van der Waals surface area contributed by atoms with Gasteiger partial charge in [0.15, 0.2) is 0 Å². The third kappa shape index (κ3) is 4.97. The van der Waals surface area contributed by atoms with E-state index in [2.05, 4.69) is 46.3 Å². The highest BCUT2D eigenvalue weighted by Gasteiger charge is 2.30. The number of aromatic nitrogens is 1. The van der Waals surface area contributed by atoms with Crippen molar-refractivity contribution in [1.29, 1.82) is 0 Å². The Kier molecular flexibility index (Phi) is 6.00. The standard InChI is InChI=1S/C25H23F3N2/c26-25(27,28)24-8-2-6-22(17-24)20-10-14-30(15-11-20)13-9-19-4-1-5-21(16-19)23-7-3-12-29-18-23/h1-8,10,12,16-18H,9,11,13-15H2. The van der Waals surface area contributed by atoms with Crippen LogP contribution in [-0.2, 0) is 12.6 Å². The molecule has 2 heterocycles. The van der Waals surface area contributed by atoms with Crippen molar-refractivity contribution in [3.8, 4) is 11.1 Å². The Balaban J connectivity index is 1.37. The molecule has 1 aliphatic heterocycles. The van der Waals surface area contributed by atoms with Gasteiger partial charge in [0.2, 0.25) is 0 Å². The van der Waals surface area contributed by atoms with Crippen molar-refractivity contribution in [2.75, 3.05) is 19.6 Å². The van der Waals surface area contributed by atoms with Crippen LogP contribution in [0.4, 0.5) is 13.2 Å². The molecule has 3 aromatic rings. The summed E-state index contributed by atoms with van der Waals surface area (Å²) < 4.78 is 38.9. The number of benzene rings is 2. The van der Waals surface area contributed by atoms with Crippen molar-refractivity contribution >= 4 is 5.57 Å². The van der Waals surface area contributed by atoms with Crippen LogP contribution < -0.4 is 0 Å². The molecule has 2 nitrogen and oxygen atoms in total. The monoisotopic (exact) mass is 408 g/mol. The zero-order valence-electron chi connectivity index (χ0n) is 16.6. The summed E-state index contributed by atoms with van der Waals surface area (Å²) in [5.41, 5.74) is 4.61. The molecule has 1 aliphatic rings. The molecule has 0 radical (unpaired) electrons. The lowest BCUT2D eigenvalue weighted by Gasteiger charge is -2.26. The van der Waals surface area contributed by atoms with Gasteiger partial charge in [0.25, 0.3) is 0 Å². The summed E-state index contributed by atoms with van der Waals surface area (Å²) in [5.74, 6) is 0. The second-order valence-corrected chi connectivity index (χ2v) is 7.55. The van der Waals surface area contributed by atoms with Gasteiger partial charge in [-0.05, 0) is 58.9 Å². The number of halogens is 3. The van der Waals surface area contributed by atoms with Crippen molar-refractivity contribution in [2.24, 2.45) is 0 Å². The first kappa shape index (κ1) is 20.4. The molecule has 0 unspecified atom stereocenters. The van der Waals surface area contributed by atoms with Gasteiger partial charge in [0.1, 0.15) is 0 Å². The van der Waals surface area contributed by atoms with Gasteiger partial charge >= 0.3 is 6.18 Å². The van der Waals surface area contributed by atoms with Gasteiger partial charge in [-0.3, -0.25) is 9.88 Å². The molecule has 0 N–H and O–H groups in total. The maximum absolute atomic E-state index is 13.0. The summed E-state index contributed by atoms with van der Waals surface area (Å²) in [5, 5.41) is 0. The minimum Gasteiger partial charge on any atom is -0.299 e. The highest BCUT2D eigenvalue weighted by molar-refractivity contribution is 5.67. The molecule has 2 aromatic carbocycles. The minimum atomic E-state index is -4.30. The van der Waals surface area contributed by atoms with Gasteiger partial charge in [-0.1, -0.05) is 48.5 Å². The van der Waals surface area contributed by atoms with Crippen LogP contribution in [0.1, 0.15) is 23.1 Å². The van der Waals surface area contributed by atoms with Crippen LogP contribution in [0.2, 0.25) is 0 Å². The van der Waals surface area contributed by atoms with Crippen LogP contribution in [0.15, 0.2) is 79.1 Å². The second-order valence-electron chi connectivity index (χ2n) is 7.55. The Labute approximate surface area is 174 Å². The van der Waals surface area contributed by atoms with Crippen molar-refractivity contribution in [2.45, 2.75) is 19.0 Å². The highest BCUT2D eigenvalue weighted by atomic mass is 19.4. The van der Waals surface area contributed by atoms with E-state index in [1.165, 1.54) is 17.7 Å². The Bertz CT molecular complexity index is 1030. The Morgan fingerprint density at radius 3 is 2.43 bits per heavy atom. The maximum Gasteiger partial charge on any atom is 0.416 e. The van der Waals surface area contributed by atoms with Crippen LogP contribution in [0.25, 0.3) is 16.7 Å². The molecule has 0 spiro atoms. The van der Waals surface area contributed by atoms with Gasteiger partial charge in [0.05, 0.1) is 5.56 Å². The van der Waals surface area contributed by atoms with E-state index in [0.717, 1.165) is 55.2 Å². The zero-order valence-corrected chi connectivity index (χ0v) is 16.6. The molecular weight excluding hydrogens is 385 g/mol. The predicted octanol–water partition coefficient (Wildman–Crippen LogP) is 6.10. The van der Waals surface area contributed by atoms with Gasteiger partial charge < -0.3 is 0 Å². The molecular formula is C25H23F3N2. The van der Waals surface area contributed by atoms with Crippen molar-refractivity contribution in [1.82, 2.24) is 9.88 Å². The molecule has 0 atom stereocenters. The molecule has 0 fully saturated rings. The lowest BCUT2D eigenvalue weighted by atomic mass is 9.97. The van der Waals surface area contributed by atoms with Crippen LogP contribution in [0.3, 0.4) is 0 Å². The van der Waals surface area contributed by atoms with Gasteiger partial charge in [-0.15, -0.1) is 0 Å². The summed E-state index contributed by atoms with van der Waals surface area (Å²) in [6.45, 7) is 2.53. The van der Waals surface area contributed by atoms with Crippen molar-refractivity contribution < 1.29 is 13.2 Å². The number of hydrogen-bond acceptors (Lipinski definition) is 2. The van der Waals surface area contributed by atoms with E-state index >= 15 is 0 Å². The topological polar surface area (TPSA) is 16.1 Å². The van der Waals surface area contributed by atoms with E-state index in [1.807, 2.05) is 12.3 Å². The fraction of sp³-hybridized carbons (Fsp3) is 0.240. The van der Waals surface area contributed by atoms with Crippen molar-refractivity contribution in [3.63, 3.8) is 0 Å². The molecule has 4 rings (SSSR count). The van der Waals surface area contributed by atoms with E-state index in [1.54, 1.807) is 12.3 Å². The lowest BCUT2D eigenvalue weighted by Crippen LogP contribution is -2.30. The number of hydrogen-bond donors (Lipinski definition) is 0. The fourth-order valence-electron chi connectivity index (χ4n) is 3.80. The molecule has 0 bridgehead atoms. The smallest absolute Gasteiger partial charge is 0.299 e. The first-order valence-electron chi connectivity index (χ1n) is 10.1. The Morgan fingerprint density at radius 1 is 0.900 bits per heavy atom. The molecule has 30 heavy (non-hydrogen) atoms. The van der Waals surface area contributed by atoms with Crippen LogP contribution in [0, 0.1) is 0 Å². The fourth-order valence-corrected chi connectivity index (χ4v) is 3.80. The van der Waals surface area contributed by atoms with Gasteiger partial charge in [-0.25, -0.2) is 0 Å². The lowest BCUT2D eigenvalue weighted by molar-refractivity contribution is -0.137. The molecule has 0 saturated carbocycles. The van der Waals surface area contributed by atoms with Crippen molar-refractivity contribution in [3.05, 3.63) is 95.8 Å². The van der Waals surface area contributed by atoms with E-state index in [0.29, 0.717) is 5.56 Å². The summed E-state index contributed by atoms with van der Waals surface area (Å²) in [6.07, 6.45) is 3.08. The number of nitrogens with zero attached hydrogens (tertiary/aromatic N) is 2. The zero-order chi connectivity index (χ0) is 21.0. The predicted molar refractivity (Wildman–Crippen MR) is 114 cm³/mol. The largest absolute Gasteiger partial charge is 0.416 e. The molecule has 154 valence electrons. The van der Waals surface area contributed by atoms with Crippen LogP contribution >= 0.6 is 0 Å². The Hall–Kier alpha value is -2.92.